The molecule has 0 aliphatic rings. The molecule has 0 aliphatic carbocycles. The summed E-state index contributed by atoms with van der Waals surface area (Å²) >= 11 is 6.15. The van der Waals surface area contributed by atoms with E-state index in [9.17, 15) is 9.59 Å². The van der Waals surface area contributed by atoms with Crippen LogP contribution in [0.4, 0.5) is 0 Å². The Balaban J connectivity index is 2.69. The zero-order valence-electron chi connectivity index (χ0n) is 17.5. The van der Waals surface area contributed by atoms with E-state index in [1.54, 1.807) is 32.0 Å². The monoisotopic (exact) mass is 412 g/mol. The number of carbonyl (C=O) groups is 2. The molecule has 0 spiro atoms. The Morgan fingerprint density at radius 2 is 1.61 bits per heavy atom. The summed E-state index contributed by atoms with van der Waals surface area (Å²) in [6.45, 7) is 6.07. The summed E-state index contributed by atoms with van der Waals surface area (Å²) in [6, 6.07) is 4.75. The van der Waals surface area contributed by atoms with Crippen molar-refractivity contribution >= 4 is 23.5 Å². The zero-order chi connectivity index (χ0) is 21.0. The minimum Gasteiger partial charge on any atom is -0.497 e. The SMILES string of the molecule is CCCCCCCCOC(=O)C(CC)(CC)C(=O)Oc1ccc(OC)cc1Cl. The van der Waals surface area contributed by atoms with Crippen LogP contribution in [0.5, 0.6) is 11.5 Å². The highest BCUT2D eigenvalue weighted by Gasteiger charge is 2.46. The summed E-state index contributed by atoms with van der Waals surface area (Å²) in [5, 5.41) is 0.245. The molecule has 0 aliphatic heterocycles. The van der Waals surface area contributed by atoms with Gasteiger partial charge in [0.2, 0.25) is 0 Å². The zero-order valence-corrected chi connectivity index (χ0v) is 18.3. The molecule has 0 unspecified atom stereocenters. The summed E-state index contributed by atoms with van der Waals surface area (Å²) in [7, 11) is 1.52. The molecule has 158 valence electrons. The molecular formula is C22H33ClO5. The fourth-order valence-corrected chi connectivity index (χ4v) is 3.19. The van der Waals surface area contributed by atoms with Gasteiger partial charge in [-0.25, -0.2) is 0 Å². The molecule has 0 atom stereocenters. The van der Waals surface area contributed by atoms with Crippen LogP contribution in [0.1, 0.15) is 72.1 Å². The van der Waals surface area contributed by atoms with Crippen molar-refractivity contribution in [2.45, 2.75) is 72.1 Å². The summed E-state index contributed by atoms with van der Waals surface area (Å²) < 4.78 is 16.0. The lowest BCUT2D eigenvalue weighted by molar-refractivity contribution is -0.168. The molecule has 5 nitrogen and oxygen atoms in total. The van der Waals surface area contributed by atoms with Crippen LogP contribution in [0.2, 0.25) is 5.02 Å². The molecule has 0 bridgehead atoms. The number of unbranched alkanes of at least 4 members (excludes halogenated alkanes) is 5. The van der Waals surface area contributed by atoms with E-state index in [4.69, 9.17) is 25.8 Å². The molecule has 1 rings (SSSR count). The maximum Gasteiger partial charge on any atom is 0.328 e. The molecule has 0 heterocycles. The third-order valence-electron chi connectivity index (χ3n) is 5.06. The molecule has 1 aromatic carbocycles. The van der Waals surface area contributed by atoms with Crippen LogP contribution in [0, 0.1) is 5.41 Å². The van der Waals surface area contributed by atoms with Crippen LogP contribution in [0.15, 0.2) is 18.2 Å². The van der Waals surface area contributed by atoms with Gasteiger partial charge in [-0.2, -0.15) is 0 Å². The fourth-order valence-electron chi connectivity index (χ4n) is 2.98. The maximum atomic E-state index is 12.8. The van der Waals surface area contributed by atoms with E-state index in [0.717, 1.165) is 19.3 Å². The van der Waals surface area contributed by atoms with Gasteiger partial charge in [-0.3, -0.25) is 9.59 Å². The first kappa shape index (κ1) is 24.3. The lowest BCUT2D eigenvalue weighted by Crippen LogP contribution is -2.42. The Labute approximate surface area is 173 Å². The highest BCUT2D eigenvalue weighted by atomic mass is 35.5. The van der Waals surface area contributed by atoms with E-state index >= 15 is 0 Å². The van der Waals surface area contributed by atoms with Crippen LogP contribution in [-0.4, -0.2) is 25.7 Å². The van der Waals surface area contributed by atoms with Gasteiger partial charge in [0, 0.05) is 6.07 Å². The topological polar surface area (TPSA) is 61.8 Å². The quantitative estimate of drug-likeness (QED) is 0.173. The van der Waals surface area contributed by atoms with Gasteiger partial charge >= 0.3 is 11.9 Å². The average Bonchev–Trinajstić information content (AvgIpc) is 2.70. The molecule has 0 saturated heterocycles. The van der Waals surface area contributed by atoms with Crippen molar-refractivity contribution in [1.82, 2.24) is 0 Å². The standard InChI is InChI=1S/C22H33ClO5/c1-5-8-9-10-11-12-15-27-20(24)22(6-2,7-3)21(25)28-19-14-13-17(26-4)16-18(19)23/h13-14,16H,5-12,15H2,1-4H3. The smallest absolute Gasteiger partial charge is 0.328 e. The highest BCUT2D eigenvalue weighted by molar-refractivity contribution is 6.32. The molecule has 6 heteroatoms. The number of hydrogen-bond acceptors (Lipinski definition) is 5. The Morgan fingerprint density at radius 3 is 2.18 bits per heavy atom. The Hall–Kier alpha value is -1.75. The third-order valence-corrected chi connectivity index (χ3v) is 5.36. The normalized spacial score (nSPS) is 11.2. The first-order valence-corrected chi connectivity index (χ1v) is 10.6. The lowest BCUT2D eigenvalue weighted by Gasteiger charge is -2.27. The van der Waals surface area contributed by atoms with Crippen LogP contribution < -0.4 is 9.47 Å². The maximum absolute atomic E-state index is 12.8. The average molecular weight is 413 g/mol. The van der Waals surface area contributed by atoms with Crippen LogP contribution >= 0.6 is 11.6 Å². The second-order valence-electron chi connectivity index (χ2n) is 6.88. The summed E-state index contributed by atoms with van der Waals surface area (Å²) in [6.07, 6.45) is 7.18. The van der Waals surface area contributed by atoms with Crippen molar-refractivity contribution in [3.05, 3.63) is 23.2 Å². The molecule has 0 fully saturated rings. The first-order valence-electron chi connectivity index (χ1n) is 10.2. The Bertz CT molecular complexity index is 625. The van der Waals surface area contributed by atoms with Crippen molar-refractivity contribution in [3.8, 4) is 11.5 Å². The number of hydrogen-bond donors (Lipinski definition) is 0. The van der Waals surface area contributed by atoms with Gasteiger partial charge in [-0.15, -0.1) is 0 Å². The van der Waals surface area contributed by atoms with Gasteiger partial charge in [0.25, 0.3) is 0 Å². The molecule has 0 aromatic heterocycles. The second-order valence-corrected chi connectivity index (χ2v) is 7.29. The number of carbonyl (C=O) groups excluding carboxylic acids is 2. The predicted molar refractivity (Wildman–Crippen MR) is 111 cm³/mol. The number of esters is 2. The second kappa shape index (κ2) is 12.7. The number of ether oxygens (including phenoxy) is 3. The molecule has 0 radical (unpaired) electrons. The van der Waals surface area contributed by atoms with E-state index in [1.165, 1.54) is 26.4 Å². The number of halogens is 1. The Kier molecular flexibility index (Phi) is 11.0. The molecule has 0 N–H and O–H groups in total. The van der Waals surface area contributed by atoms with Gasteiger partial charge < -0.3 is 14.2 Å². The van der Waals surface area contributed by atoms with Gasteiger partial charge in [-0.05, 0) is 31.4 Å². The predicted octanol–water partition coefficient (Wildman–Crippen LogP) is 5.96. The number of rotatable bonds is 13. The van der Waals surface area contributed by atoms with Gasteiger partial charge in [0.1, 0.15) is 11.5 Å². The van der Waals surface area contributed by atoms with Gasteiger partial charge in [-0.1, -0.05) is 64.5 Å². The van der Waals surface area contributed by atoms with Crippen LogP contribution in [-0.2, 0) is 14.3 Å². The largest absolute Gasteiger partial charge is 0.497 e. The van der Waals surface area contributed by atoms with Crippen LogP contribution in [0.25, 0.3) is 0 Å². The molecule has 0 amide bonds. The van der Waals surface area contributed by atoms with Crippen molar-refractivity contribution in [2.75, 3.05) is 13.7 Å². The van der Waals surface area contributed by atoms with Gasteiger partial charge in [0.05, 0.1) is 18.7 Å². The minimum atomic E-state index is -1.33. The third kappa shape index (κ3) is 6.69. The van der Waals surface area contributed by atoms with Crippen molar-refractivity contribution in [1.29, 1.82) is 0 Å². The number of methoxy groups -OCH3 is 1. The fraction of sp³-hybridized carbons (Fsp3) is 0.636. The summed E-state index contributed by atoms with van der Waals surface area (Å²) in [5.41, 5.74) is -1.33. The van der Waals surface area contributed by atoms with Crippen LogP contribution in [0.3, 0.4) is 0 Å². The summed E-state index contributed by atoms with van der Waals surface area (Å²) in [4.78, 5) is 25.5. The van der Waals surface area contributed by atoms with E-state index in [0.29, 0.717) is 25.2 Å². The van der Waals surface area contributed by atoms with E-state index < -0.39 is 17.4 Å². The van der Waals surface area contributed by atoms with Crippen molar-refractivity contribution in [2.24, 2.45) is 5.41 Å². The molecular weight excluding hydrogens is 380 g/mol. The van der Waals surface area contributed by atoms with E-state index in [2.05, 4.69) is 6.92 Å². The van der Waals surface area contributed by atoms with E-state index in [1.807, 2.05) is 0 Å². The Morgan fingerprint density at radius 1 is 0.964 bits per heavy atom. The molecule has 0 saturated carbocycles. The molecule has 28 heavy (non-hydrogen) atoms. The summed E-state index contributed by atoms with van der Waals surface area (Å²) in [5.74, 6) is -0.416. The number of benzene rings is 1. The van der Waals surface area contributed by atoms with Gasteiger partial charge in [0.15, 0.2) is 5.41 Å². The molecule has 1 aromatic rings. The van der Waals surface area contributed by atoms with E-state index in [-0.39, 0.29) is 10.8 Å². The minimum absolute atomic E-state index is 0.197. The lowest BCUT2D eigenvalue weighted by atomic mass is 9.82. The first-order chi connectivity index (χ1) is 13.4. The highest BCUT2D eigenvalue weighted by Crippen LogP contribution is 2.34. The van der Waals surface area contributed by atoms with Crippen molar-refractivity contribution < 1.29 is 23.8 Å². The van der Waals surface area contributed by atoms with Crippen molar-refractivity contribution in [3.63, 3.8) is 0 Å².